The van der Waals surface area contributed by atoms with E-state index < -0.39 is 71.4 Å². The van der Waals surface area contributed by atoms with E-state index in [4.69, 9.17) is 39.5 Å². The third-order valence-corrected chi connectivity index (χ3v) is 6.70. The number of nitrogens with zero attached hydrogens (tertiary/aromatic N) is 3. The van der Waals surface area contributed by atoms with Gasteiger partial charge in [0.2, 0.25) is 5.39 Å². The first kappa shape index (κ1) is 51.1. The molecule has 0 spiro atoms. The van der Waals surface area contributed by atoms with Crippen molar-refractivity contribution in [2.45, 2.75) is 27.0 Å². The average Bonchev–Trinajstić information content (AvgIpc) is 2.65. The van der Waals surface area contributed by atoms with Crippen molar-refractivity contribution in [2.75, 3.05) is 5.73 Å². The van der Waals surface area contributed by atoms with E-state index in [1.807, 2.05) is 0 Å². The predicted octanol–water partition coefficient (Wildman–Crippen LogP) is -7.25. The van der Waals surface area contributed by atoms with Crippen molar-refractivity contribution >= 4 is 64.3 Å². The Labute approximate surface area is 279 Å². The number of anilines is 1. The normalized spacial score (nSPS) is 10.1. The van der Waals surface area contributed by atoms with Crippen molar-refractivity contribution in [2.24, 2.45) is 5.34 Å². The maximum Gasteiger partial charge on any atom is 1.00 e. The first-order chi connectivity index (χ1) is 15.2. The fourth-order valence-electron chi connectivity index (χ4n) is 1.88. The van der Waals surface area contributed by atoms with Crippen LogP contribution in [0.25, 0.3) is 4.98 Å². The first-order valence-electron chi connectivity index (χ1n) is 7.43. The molecule has 0 aliphatic carbocycles. The molecule has 0 bridgehead atoms. The number of nitrogens with two attached hydrogens (primary N) is 1. The minimum absolute atomic E-state index is 0. The molecule has 0 unspecified atom stereocenters. The Morgan fingerprint density at radius 1 is 0.744 bits per heavy atom. The minimum Gasteiger partial charge on any atom is -1.00 e. The van der Waals surface area contributed by atoms with E-state index >= 15 is 0 Å². The van der Waals surface area contributed by atoms with Crippen LogP contribution in [0.3, 0.4) is 0 Å². The van der Waals surface area contributed by atoms with Crippen LogP contribution in [0.1, 0.15) is 7.43 Å². The van der Waals surface area contributed by atoms with Gasteiger partial charge in [0.1, 0.15) is 9.79 Å². The Hall–Kier alpha value is -0.720. The summed E-state index contributed by atoms with van der Waals surface area (Å²) < 4.78 is 120. The van der Waals surface area contributed by atoms with Gasteiger partial charge in [-0.2, -0.15) is 33.7 Å². The number of rotatable bonds is 4. The Bertz CT molecular complexity index is 1570. The van der Waals surface area contributed by atoms with Gasteiger partial charge in [-0.05, 0) is 30.3 Å². The maximum absolute atomic E-state index is 10.7. The molecular formula is C13H17Cl2N4Na2O14S4+. The molecule has 0 fully saturated rings. The van der Waals surface area contributed by atoms with Crippen LogP contribution >= 0.6 is 12.4 Å². The molecule has 6 N–H and O–H groups in total. The molecule has 0 aliphatic rings. The molecule has 0 saturated carbocycles. The zero-order chi connectivity index (χ0) is 27.1. The fourth-order valence-corrected chi connectivity index (χ4v) is 4.09. The van der Waals surface area contributed by atoms with Gasteiger partial charge in [0, 0.05) is 0 Å². The third-order valence-electron chi connectivity index (χ3n) is 3.17. The van der Waals surface area contributed by atoms with E-state index in [1.165, 1.54) is 0 Å². The van der Waals surface area contributed by atoms with Crippen LogP contribution in [0.5, 0.6) is 0 Å². The molecule has 0 atom stereocenters. The zero-order valence-electron chi connectivity index (χ0n) is 18.7. The molecule has 0 radical (unpaired) electrons. The first-order valence-corrected chi connectivity index (χ1v) is 13.2. The molecule has 39 heavy (non-hydrogen) atoms. The van der Waals surface area contributed by atoms with Gasteiger partial charge in [0.25, 0.3) is 30.4 Å². The molecule has 26 heteroatoms. The largest absolute Gasteiger partial charge is 1.00 e. The Morgan fingerprint density at radius 2 is 1.05 bits per heavy atom. The second-order valence-corrected chi connectivity index (χ2v) is 11.0. The Balaban J connectivity index is -0.000000114. The van der Waals surface area contributed by atoms with E-state index in [1.54, 1.807) is 0 Å². The van der Waals surface area contributed by atoms with E-state index in [9.17, 15) is 33.7 Å². The van der Waals surface area contributed by atoms with Crippen molar-refractivity contribution < 1.29 is 123 Å². The van der Waals surface area contributed by atoms with E-state index in [0.717, 1.165) is 29.6 Å². The van der Waals surface area contributed by atoms with Crippen molar-refractivity contribution in [1.29, 1.82) is 5.39 Å². The van der Waals surface area contributed by atoms with Gasteiger partial charge in [0.15, 0.2) is 9.87 Å². The van der Waals surface area contributed by atoms with Crippen LogP contribution in [0.2, 0.25) is 0 Å². The van der Waals surface area contributed by atoms with Gasteiger partial charge < -0.3 is 28.3 Å². The SMILES string of the molecule is C.Cl.N#[N+]c1cc(S(=O)(=O)O)ccc1S(=O)(=O)O.Nc1cc(S(=O)(=O)O)ccc1S(=O)(=O)O.O=N[O-].[Cl-].[Na+].[Na+]. The second-order valence-electron chi connectivity index (χ2n) is 5.40. The van der Waals surface area contributed by atoms with E-state index in [-0.39, 0.29) is 91.4 Å². The predicted molar refractivity (Wildman–Crippen MR) is 124 cm³/mol. The van der Waals surface area contributed by atoms with Gasteiger partial charge in [-0.25, -0.2) is 0 Å². The second kappa shape index (κ2) is 20.2. The summed E-state index contributed by atoms with van der Waals surface area (Å²) in [6.45, 7) is 0. The summed E-state index contributed by atoms with van der Waals surface area (Å²) in [5.74, 6) is 0. The third kappa shape index (κ3) is 17.6. The maximum atomic E-state index is 10.7. The van der Waals surface area contributed by atoms with Gasteiger partial charge >= 0.3 is 74.9 Å². The summed E-state index contributed by atoms with van der Waals surface area (Å²) in [5, 5.41) is 17.4. The van der Waals surface area contributed by atoms with Gasteiger partial charge in [-0.1, -0.05) is 7.43 Å². The zero-order valence-corrected chi connectivity index (χ0v) is 27.5. The quantitative estimate of drug-likeness (QED) is 0.0494. The number of halogens is 2. The van der Waals surface area contributed by atoms with Crippen molar-refractivity contribution in [3.05, 3.63) is 51.5 Å². The summed E-state index contributed by atoms with van der Waals surface area (Å²) in [7, 11) is -18.1. The molecule has 0 saturated heterocycles. The number of benzene rings is 2. The molecule has 212 valence electrons. The van der Waals surface area contributed by atoms with E-state index in [0.29, 0.717) is 12.1 Å². The summed E-state index contributed by atoms with van der Waals surface area (Å²) in [5.41, 5.74) is 4.03. The minimum atomic E-state index is -4.64. The number of nitrogen functional groups attached to an aromatic ring is 1. The van der Waals surface area contributed by atoms with Crippen molar-refractivity contribution in [3.8, 4) is 0 Å². The van der Waals surface area contributed by atoms with E-state index in [2.05, 4.69) is 4.98 Å². The average molecular weight is 698 g/mol. The fraction of sp³-hybridized carbons (Fsp3) is 0.0769. The molecule has 0 heterocycles. The molecule has 2 aromatic carbocycles. The Morgan fingerprint density at radius 3 is 1.31 bits per heavy atom. The van der Waals surface area contributed by atoms with Gasteiger partial charge in [-0.3, -0.25) is 18.2 Å². The molecule has 0 aromatic heterocycles. The molecule has 0 amide bonds. The number of diazo groups is 1. The van der Waals surface area contributed by atoms with Crippen LogP contribution in [0.4, 0.5) is 11.4 Å². The molecular weight excluding hydrogens is 681 g/mol. The van der Waals surface area contributed by atoms with Crippen molar-refractivity contribution in [3.63, 3.8) is 0 Å². The summed E-state index contributed by atoms with van der Waals surface area (Å²) in [4.78, 5) is 7.90. The van der Waals surface area contributed by atoms with Crippen LogP contribution in [-0.2, 0) is 40.5 Å². The number of hydrogen-bond donors (Lipinski definition) is 5. The standard InChI is InChI=1S/C6H4N2O6S2.C6H7NO6S2.CH4.2ClH.HNO2.2Na/c7-8-5-3-4(15(9,10)11)1-2-6(5)16(12,13)14;7-5-3-4(14(8,9)10)1-2-6(5)15(11,12)13;;;;2-1-3;;/h1-3H,(H-,9,10,11,12,13,14);1-3H,7H2,(H,8,9,10)(H,11,12,13);1H4;2*1H;(H,2,3);;/q;;;;;;2*+1/p-1. The molecule has 2 rings (SSSR count). The smallest absolute Gasteiger partial charge is 1.00 e. The summed E-state index contributed by atoms with van der Waals surface area (Å²) in [6, 6.07) is 4.36. The van der Waals surface area contributed by atoms with Crippen LogP contribution in [-0.4, -0.2) is 51.9 Å². The van der Waals surface area contributed by atoms with Crippen LogP contribution < -0.4 is 77.3 Å². The van der Waals surface area contributed by atoms with Crippen LogP contribution in [0.15, 0.2) is 61.3 Å². The summed E-state index contributed by atoms with van der Waals surface area (Å²) >= 11 is 0. The topological polar surface area (TPSA) is 324 Å². The van der Waals surface area contributed by atoms with Crippen molar-refractivity contribution in [1.82, 2.24) is 0 Å². The molecule has 18 nitrogen and oxygen atoms in total. The van der Waals surface area contributed by atoms with Gasteiger partial charge in [-0.15, -0.1) is 17.7 Å². The van der Waals surface area contributed by atoms with Crippen LogP contribution in [0, 0.1) is 15.5 Å². The van der Waals surface area contributed by atoms with Gasteiger partial charge in [0.05, 0.1) is 16.6 Å². The summed E-state index contributed by atoms with van der Waals surface area (Å²) in [6.07, 6.45) is 0. The monoisotopic (exact) mass is 697 g/mol. The molecule has 2 aromatic rings. The Kier molecular flexibility index (Phi) is 26.5. The molecule has 0 aliphatic heterocycles. The number of hydrogen-bond acceptors (Lipinski definition) is 13.